The summed E-state index contributed by atoms with van der Waals surface area (Å²) in [6.45, 7) is 0.631. The van der Waals surface area contributed by atoms with E-state index in [2.05, 4.69) is 55.2 Å². The number of H-pyrrole nitrogens is 2. The molecule has 9 heteroatoms. The Morgan fingerprint density at radius 1 is 1.00 bits per heavy atom. The largest absolute Gasteiger partial charge is 0.360 e. The van der Waals surface area contributed by atoms with Gasteiger partial charge < -0.3 is 9.97 Å². The average molecular weight is 507 g/mol. The second kappa shape index (κ2) is 8.68. The lowest BCUT2D eigenvalue weighted by molar-refractivity contribution is -0.453. The van der Waals surface area contributed by atoms with E-state index in [0.29, 0.717) is 6.54 Å². The third-order valence-corrected chi connectivity index (χ3v) is 6.63. The molecule has 0 bridgehead atoms. The fraction of sp³-hybridized carbons (Fsp3) is 0.0870. The molecule has 32 heavy (non-hydrogen) atoms. The van der Waals surface area contributed by atoms with Gasteiger partial charge in [-0.05, 0) is 18.2 Å². The Bertz CT molecular complexity index is 1450. The number of nitrogens with zero attached hydrogens (tertiary/aromatic N) is 2. The maximum absolute atomic E-state index is 5.53. The molecule has 0 atom stereocenters. The van der Waals surface area contributed by atoms with Gasteiger partial charge >= 0.3 is 5.96 Å². The van der Waals surface area contributed by atoms with Crippen LogP contribution in [0.1, 0.15) is 0 Å². The first kappa shape index (κ1) is 20.6. The second-order valence-corrected chi connectivity index (χ2v) is 9.28. The van der Waals surface area contributed by atoms with Gasteiger partial charge in [0.1, 0.15) is 10.7 Å². The van der Waals surface area contributed by atoms with Crippen LogP contribution in [0.3, 0.4) is 0 Å². The lowest BCUT2D eigenvalue weighted by Crippen LogP contribution is -2.78. The van der Waals surface area contributed by atoms with Crippen molar-refractivity contribution < 1.29 is 4.99 Å². The van der Waals surface area contributed by atoms with E-state index in [9.17, 15) is 0 Å². The molecule has 0 saturated heterocycles. The minimum atomic E-state index is 0.214. The standard InChI is InChI=1S/C23H20BrN7S/c24-13-5-6-15-17(11-29-19(15)9-13)21-22(32-8-7-27-23(25)26)31-20(12-30-21)16-10-28-18-4-2-1-3-14(16)18/h1-6,9-12,28-29H,7-8H2,(H4,25,26,27)/p+1. The highest BCUT2D eigenvalue weighted by atomic mass is 79.9. The summed E-state index contributed by atoms with van der Waals surface area (Å²) >= 11 is 5.15. The lowest BCUT2D eigenvalue weighted by atomic mass is 10.1. The number of aromatic amines is 2. The molecule has 0 aliphatic heterocycles. The highest BCUT2D eigenvalue weighted by Gasteiger charge is 2.17. The number of halogens is 1. The molecule has 0 spiro atoms. The minimum absolute atomic E-state index is 0.214. The number of nitrogens with two attached hydrogens (primary N) is 2. The van der Waals surface area contributed by atoms with Gasteiger partial charge in [-0.2, -0.15) is 0 Å². The van der Waals surface area contributed by atoms with Gasteiger partial charge in [-0.3, -0.25) is 21.4 Å². The zero-order chi connectivity index (χ0) is 22.1. The molecule has 5 aromatic rings. The Balaban J connectivity index is 1.60. The van der Waals surface area contributed by atoms with E-state index in [-0.39, 0.29) is 5.96 Å². The lowest BCUT2D eigenvalue weighted by Gasteiger charge is -2.09. The van der Waals surface area contributed by atoms with Gasteiger partial charge in [-0.25, -0.2) is 4.98 Å². The highest BCUT2D eigenvalue weighted by Crippen LogP contribution is 2.36. The van der Waals surface area contributed by atoms with E-state index in [1.807, 2.05) is 36.8 Å². The summed E-state index contributed by atoms with van der Waals surface area (Å²) in [7, 11) is 0. The number of nitrogens with one attached hydrogen (secondary N) is 3. The van der Waals surface area contributed by atoms with Crippen molar-refractivity contribution in [1.29, 1.82) is 0 Å². The van der Waals surface area contributed by atoms with Crippen molar-refractivity contribution >= 4 is 55.5 Å². The van der Waals surface area contributed by atoms with Crippen LogP contribution in [0, 0.1) is 0 Å². The average Bonchev–Trinajstić information content (AvgIpc) is 3.40. The number of aromatic nitrogens is 4. The Labute approximate surface area is 196 Å². The van der Waals surface area contributed by atoms with Gasteiger partial charge in [0.05, 0.1) is 18.4 Å². The fourth-order valence-electron chi connectivity index (χ4n) is 3.71. The Kier molecular flexibility index (Phi) is 5.59. The molecule has 7 nitrogen and oxygen atoms in total. The zero-order valence-electron chi connectivity index (χ0n) is 17.0. The van der Waals surface area contributed by atoms with Crippen molar-refractivity contribution in [3.63, 3.8) is 0 Å². The summed E-state index contributed by atoms with van der Waals surface area (Å²) in [6, 6.07) is 14.4. The molecule has 0 saturated carbocycles. The summed E-state index contributed by atoms with van der Waals surface area (Å²) in [6.07, 6.45) is 5.81. The molecule has 5 rings (SSSR count). The van der Waals surface area contributed by atoms with Gasteiger partial charge in [-0.15, -0.1) is 11.8 Å². The van der Waals surface area contributed by atoms with Crippen LogP contribution < -0.4 is 16.5 Å². The maximum atomic E-state index is 5.53. The Morgan fingerprint density at radius 2 is 1.78 bits per heavy atom. The van der Waals surface area contributed by atoms with Gasteiger partial charge in [0.25, 0.3) is 0 Å². The third kappa shape index (κ3) is 3.96. The number of para-hydroxylation sites is 1. The first-order valence-electron chi connectivity index (χ1n) is 10.1. The quantitative estimate of drug-likeness (QED) is 0.105. The van der Waals surface area contributed by atoms with Gasteiger partial charge in [0.15, 0.2) is 0 Å². The smallest absolute Gasteiger partial charge is 0.338 e. The number of fused-ring (bicyclic) bond motifs is 2. The van der Waals surface area contributed by atoms with E-state index in [4.69, 9.17) is 21.4 Å². The SMILES string of the molecule is NC(N)=[NH+]CCSc1nc(-c2c[nH]c3ccccc23)cnc1-c1c[nH]c2cc(Br)ccc12. The van der Waals surface area contributed by atoms with Crippen molar-refractivity contribution in [2.45, 2.75) is 5.03 Å². The molecule has 160 valence electrons. The topological polar surface area (TPSA) is 123 Å². The number of hydrogen-bond acceptors (Lipinski definition) is 3. The fourth-order valence-corrected chi connectivity index (χ4v) is 4.93. The van der Waals surface area contributed by atoms with E-state index in [0.717, 1.165) is 59.6 Å². The molecular weight excluding hydrogens is 486 g/mol. The first-order chi connectivity index (χ1) is 15.6. The van der Waals surface area contributed by atoms with Crippen LogP contribution in [0.2, 0.25) is 0 Å². The van der Waals surface area contributed by atoms with Crippen molar-refractivity contribution in [1.82, 2.24) is 19.9 Å². The molecular formula is C23H21BrN7S+. The van der Waals surface area contributed by atoms with Gasteiger partial charge in [0.2, 0.25) is 0 Å². The number of guanidine groups is 1. The van der Waals surface area contributed by atoms with E-state index >= 15 is 0 Å². The number of thioether (sulfide) groups is 1. The van der Waals surface area contributed by atoms with Crippen LogP contribution in [-0.4, -0.2) is 38.2 Å². The molecule has 0 unspecified atom stereocenters. The molecule has 0 amide bonds. The van der Waals surface area contributed by atoms with E-state index in [1.165, 1.54) is 0 Å². The summed E-state index contributed by atoms with van der Waals surface area (Å²) in [5.74, 6) is 0.955. The second-order valence-electron chi connectivity index (χ2n) is 7.28. The number of benzene rings is 2. The Hall–Kier alpha value is -3.30. The molecule has 2 aromatic carbocycles. The van der Waals surface area contributed by atoms with Crippen molar-refractivity contribution in [2.24, 2.45) is 11.5 Å². The molecule has 3 heterocycles. The van der Waals surface area contributed by atoms with Crippen LogP contribution in [0.4, 0.5) is 0 Å². The summed E-state index contributed by atoms with van der Waals surface area (Å²) < 4.78 is 1.02. The summed E-state index contributed by atoms with van der Waals surface area (Å²) in [5, 5.41) is 3.07. The van der Waals surface area contributed by atoms with E-state index < -0.39 is 0 Å². The summed E-state index contributed by atoms with van der Waals surface area (Å²) in [5.41, 5.74) is 16.9. The molecule has 0 fully saturated rings. The van der Waals surface area contributed by atoms with Crippen LogP contribution in [0.25, 0.3) is 44.3 Å². The van der Waals surface area contributed by atoms with Crippen LogP contribution in [0.15, 0.2) is 70.6 Å². The molecule has 0 aliphatic carbocycles. The maximum Gasteiger partial charge on any atom is 0.338 e. The number of rotatable bonds is 6. The van der Waals surface area contributed by atoms with E-state index in [1.54, 1.807) is 11.8 Å². The normalized spacial score (nSPS) is 11.3. The van der Waals surface area contributed by atoms with Crippen LogP contribution in [-0.2, 0) is 0 Å². The predicted molar refractivity (Wildman–Crippen MR) is 134 cm³/mol. The zero-order valence-corrected chi connectivity index (χ0v) is 19.4. The molecule has 0 aliphatic rings. The van der Waals surface area contributed by atoms with Gasteiger partial charge in [-0.1, -0.05) is 40.2 Å². The molecule has 7 N–H and O–H groups in total. The van der Waals surface area contributed by atoms with Crippen molar-refractivity contribution in [3.8, 4) is 22.5 Å². The monoisotopic (exact) mass is 506 g/mol. The van der Waals surface area contributed by atoms with Crippen LogP contribution in [0.5, 0.6) is 0 Å². The summed E-state index contributed by atoms with van der Waals surface area (Å²) in [4.78, 5) is 19.5. The number of hydrogen-bond donors (Lipinski definition) is 5. The predicted octanol–water partition coefficient (Wildman–Crippen LogP) is 2.98. The minimum Gasteiger partial charge on any atom is -0.360 e. The molecule has 0 radical (unpaired) electrons. The van der Waals surface area contributed by atoms with Crippen molar-refractivity contribution in [2.75, 3.05) is 12.3 Å². The third-order valence-electron chi connectivity index (χ3n) is 5.17. The van der Waals surface area contributed by atoms with Crippen molar-refractivity contribution in [3.05, 3.63) is 65.5 Å². The highest BCUT2D eigenvalue weighted by molar-refractivity contribution is 9.10. The Morgan fingerprint density at radius 3 is 2.66 bits per heavy atom. The van der Waals surface area contributed by atoms with Crippen LogP contribution >= 0.6 is 27.7 Å². The van der Waals surface area contributed by atoms with Gasteiger partial charge in [0, 0.05) is 55.6 Å². The first-order valence-corrected chi connectivity index (χ1v) is 11.8. The molecule has 3 aromatic heterocycles.